The number of fused-ring (bicyclic) bond motifs is 3. The lowest BCUT2D eigenvalue weighted by molar-refractivity contribution is -0.135. The number of carbonyl (C=O) groups is 3. The Morgan fingerprint density at radius 2 is 1.86 bits per heavy atom. The van der Waals surface area contributed by atoms with Crippen LogP contribution in [0.2, 0.25) is 0 Å². The topological polar surface area (TPSA) is 64.2 Å². The molecule has 7 nitrogen and oxygen atoms in total. The van der Waals surface area contributed by atoms with E-state index in [1.807, 2.05) is 24.0 Å². The van der Waals surface area contributed by atoms with E-state index in [2.05, 4.69) is 19.0 Å². The number of anilines is 1. The van der Waals surface area contributed by atoms with Gasteiger partial charge in [0, 0.05) is 25.6 Å². The molecule has 0 spiro atoms. The first-order chi connectivity index (χ1) is 13.3. The number of nitrogens with zero attached hydrogens (tertiary/aromatic N) is 4. The van der Waals surface area contributed by atoms with Crippen molar-refractivity contribution < 1.29 is 14.4 Å². The summed E-state index contributed by atoms with van der Waals surface area (Å²) in [6.45, 7) is 3.33. The lowest BCUT2D eigenvalue weighted by Crippen LogP contribution is -2.64. The molecule has 0 saturated carbocycles. The number of hydrogen-bond donors (Lipinski definition) is 0. The fraction of sp³-hybridized carbons (Fsp3) is 0.571. The zero-order chi connectivity index (χ0) is 20.1. The number of carbonyl (C=O) groups excluding carboxylic acids is 3. The smallest absolute Gasteiger partial charge is 0.258 e. The number of para-hydroxylation sites is 1. The van der Waals surface area contributed by atoms with Crippen LogP contribution in [0.4, 0.5) is 5.69 Å². The van der Waals surface area contributed by atoms with Crippen molar-refractivity contribution in [2.45, 2.75) is 44.3 Å². The average Bonchev–Trinajstić information content (AvgIpc) is 3.00. The highest BCUT2D eigenvalue weighted by Crippen LogP contribution is 2.43. The molecule has 2 fully saturated rings. The van der Waals surface area contributed by atoms with Gasteiger partial charge in [0.1, 0.15) is 12.2 Å². The summed E-state index contributed by atoms with van der Waals surface area (Å²) in [7, 11) is 4.14. The predicted molar refractivity (Wildman–Crippen MR) is 106 cm³/mol. The lowest BCUT2D eigenvalue weighted by Gasteiger charge is -2.49. The molecule has 0 aromatic heterocycles. The molecule has 0 aliphatic carbocycles. The molecule has 1 aromatic rings. The predicted octanol–water partition coefficient (Wildman–Crippen LogP) is 1.54. The molecule has 4 rings (SSSR count). The van der Waals surface area contributed by atoms with E-state index in [1.54, 1.807) is 21.9 Å². The van der Waals surface area contributed by atoms with Gasteiger partial charge in [-0.05, 0) is 52.4 Å². The second kappa shape index (κ2) is 6.88. The quantitative estimate of drug-likeness (QED) is 0.793. The first-order valence-electron chi connectivity index (χ1n) is 10.0. The Morgan fingerprint density at radius 3 is 2.54 bits per heavy atom. The summed E-state index contributed by atoms with van der Waals surface area (Å²) in [5.41, 5.74) is 0.377. The van der Waals surface area contributed by atoms with Crippen molar-refractivity contribution >= 4 is 23.4 Å². The molecule has 2 saturated heterocycles. The number of amides is 3. The van der Waals surface area contributed by atoms with Crippen molar-refractivity contribution in [3.63, 3.8) is 0 Å². The van der Waals surface area contributed by atoms with Crippen LogP contribution in [0, 0.1) is 0 Å². The van der Waals surface area contributed by atoms with Crippen LogP contribution < -0.4 is 4.90 Å². The molecule has 28 heavy (non-hydrogen) atoms. The van der Waals surface area contributed by atoms with Gasteiger partial charge in [0.15, 0.2) is 0 Å². The molecular formula is C21H28N4O3. The molecule has 3 amide bonds. The Bertz CT molecular complexity index is 816. The Kier molecular flexibility index (Phi) is 4.65. The van der Waals surface area contributed by atoms with Gasteiger partial charge in [0.05, 0.1) is 11.3 Å². The summed E-state index contributed by atoms with van der Waals surface area (Å²) in [4.78, 5) is 46.3. The molecule has 7 heteroatoms. The molecule has 3 aliphatic heterocycles. The van der Waals surface area contributed by atoms with Crippen LogP contribution in [0.25, 0.3) is 0 Å². The fourth-order valence-electron chi connectivity index (χ4n) is 4.81. The molecule has 3 heterocycles. The number of rotatable bonds is 3. The second-order valence-corrected chi connectivity index (χ2v) is 8.43. The van der Waals surface area contributed by atoms with Crippen LogP contribution in [-0.2, 0) is 9.59 Å². The van der Waals surface area contributed by atoms with Crippen molar-refractivity contribution in [1.82, 2.24) is 14.7 Å². The molecule has 0 N–H and O–H groups in total. The highest BCUT2D eigenvalue weighted by atomic mass is 16.2. The maximum atomic E-state index is 13.2. The molecule has 3 aliphatic rings. The normalized spacial score (nSPS) is 25.4. The molecule has 1 aromatic carbocycles. The number of hydrogen-bond acceptors (Lipinski definition) is 4. The third-order valence-corrected chi connectivity index (χ3v) is 6.59. The summed E-state index contributed by atoms with van der Waals surface area (Å²) in [5.74, 6) is -0.197. The van der Waals surface area contributed by atoms with Gasteiger partial charge >= 0.3 is 0 Å². The van der Waals surface area contributed by atoms with Gasteiger partial charge in [-0.3, -0.25) is 19.3 Å². The van der Waals surface area contributed by atoms with Crippen molar-refractivity contribution in [3.05, 3.63) is 29.8 Å². The van der Waals surface area contributed by atoms with Crippen LogP contribution >= 0.6 is 0 Å². The molecule has 1 unspecified atom stereocenters. The van der Waals surface area contributed by atoms with Crippen molar-refractivity contribution in [2.75, 3.05) is 38.6 Å². The zero-order valence-corrected chi connectivity index (χ0v) is 16.9. The van der Waals surface area contributed by atoms with E-state index < -0.39 is 5.66 Å². The molecule has 0 radical (unpaired) electrons. The van der Waals surface area contributed by atoms with E-state index in [0.29, 0.717) is 43.2 Å². The van der Waals surface area contributed by atoms with Gasteiger partial charge in [-0.2, -0.15) is 0 Å². The first-order valence-corrected chi connectivity index (χ1v) is 10.0. The molecule has 150 valence electrons. The largest absolute Gasteiger partial charge is 0.341 e. The molecule has 1 atom stereocenters. The number of likely N-dealkylation sites (tertiary alicyclic amines) is 1. The van der Waals surface area contributed by atoms with Gasteiger partial charge < -0.3 is 14.7 Å². The van der Waals surface area contributed by atoms with E-state index in [0.717, 1.165) is 12.8 Å². The summed E-state index contributed by atoms with van der Waals surface area (Å²) in [6.07, 6.45) is 2.81. The van der Waals surface area contributed by atoms with Gasteiger partial charge in [0.25, 0.3) is 5.91 Å². The van der Waals surface area contributed by atoms with Crippen molar-refractivity contribution in [2.24, 2.45) is 0 Å². The van der Waals surface area contributed by atoms with Gasteiger partial charge in [-0.15, -0.1) is 0 Å². The summed E-state index contributed by atoms with van der Waals surface area (Å²) in [5, 5.41) is 0. The highest BCUT2D eigenvalue weighted by Gasteiger charge is 2.53. The third kappa shape index (κ3) is 2.89. The van der Waals surface area contributed by atoms with Crippen LogP contribution in [0.3, 0.4) is 0 Å². The third-order valence-electron chi connectivity index (χ3n) is 6.59. The Labute approximate surface area is 165 Å². The maximum absolute atomic E-state index is 13.2. The Hall–Kier alpha value is -2.41. The van der Waals surface area contributed by atoms with Crippen LogP contribution in [0.1, 0.15) is 43.0 Å². The van der Waals surface area contributed by atoms with E-state index in [1.165, 1.54) is 0 Å². The Morgan fingerprint density at radius 1 is 1.18 bits per heavy atom. The second-order valence-electron chi connectivity index (χ2n) is 8.43. The average molecular weight is 384 g/mol. The van der Waals surface area contributed by atoms with E-state index in [4.69, 9.17) is 0 Å². The van der Waals surface area contributed by atoms with Crippen LogP contribution in [0.15, 0.2) is 24.3 Å². The maximum Gasteiger partial charge on any atom is 0.258 e. The van der Waals surface area contributed by atoms with Crippen LogP contribution in [-0.4, -0.2) is 77.9 Å². The zero-order valence-electron chi connectivity index (χ0n) is 16.9. The number of piperidine rings is 1. The minimum Gasteiger partial charge on any atom is -0.341 e. The van der Waals surface area contributed by atoms with E-state index >= 15 is 0 Å². The monoisotopic (exact) mass is 384 g/mol. The molecular weight excluding hydrogens is 356 g/mol. The van der Waals surface area contributed by atoms with Gasteiger partial charge in [-0.25, -0.2) is 0 Å². The van der Waals surface area contributed by atoms with E-state index in [9.17, 15) is 14.4 Å². The van der Waals surface area contributed by atoms with Gasteiger partial charge in [0.2, 0.25) is 11.8 Å². The Balaban J connectivity index is 1.57. The fourth-order valence-corrected chi connectivity index (χ4v) is 4.81. The standard InChI is InChI=1S/C21H28N4O3/c1-21-11-8-18(26)25(21)17-7-5-4-6-16(17)20(28)24(21)14-19(27)23-12-9-15(10-13-23)22(2)3/h4-7,15H,8-14H2,1-3H3. The van der Waals surface area contributed by atoms with Gasteiger partial charge in [-0.1, -0.05) is 12.1 Å². The highest BCUT2D eigenvalue weighted by molar-refractivity contribution is 6.11. The minimum absolute atomic E-state index is 0.00620. The summed E-state index contributed by atoms with van der Waals surface area (Å²) in [6, 6.07) is 7.69. The lowest BCUT2D eigenvalue weighted by atomic mass is 9.98. The summed E-state index contributed by atoms with van der Waals surface area (Å²) < 4.78 is 0. The first kappa shape index (κ1) is 18.9. The summed E-state index contributed by atoms with van der Waals surface area (Å²) >= 11 is 0. The van der Waals surface area contributed by atoms with Crippen molar-refractivity contribution in [3.8, 4) is 0 Å². The SMILES string of the molecule is CN(C)C1CCN(C(=O)CN2C(=O)c3ccccc3N3C(=O)CCC23C)CC1. The van der Waals surface area contributed by atoms with Crippen LogP contribution in [0.5, 0.6) is 0 Å². The van der Waals surface area contributed by atoms with E-state index in [-0.39, 0.29) is 24.3 Å². The van der Waals surface area contributed by atoms with Crippen molar-refractivity contribution in [1.29, 1.82) is 0 Å². The number of benzene rings is 1. The molecule has 0 bridgehead atoms. The minimum atomic E-state index is -0.778.